The van der Waals surface area contributed by atoms with Gasteiger partial charge in [0.25, 0.3) is 0 Å². The minimum absolute atomic E-state index is 0.0263. The number of hydrogen-bond donors (Lipinski definition) is 2. The molecule has 0 bridgehead atoms. The van der Waals surface area contributed by atoms with Gasteiger partial charge in [-0.2, -0.15) is 0 Å². The van der Waals surface area contributed by atoms with Gasteiger partial charge in [-0.1, -0.05) is 11.6 Å². The summed E-state index contributed by atoms with van der Waals surface area (Å²) in [6.45, 7) is 0. The van der Waals surface area contributed by atoms with Crippen molar-refractivity contribution >= 4 is 17.6 Å². The number of carboxylic acids is 1. The summed E-state index contributed by atoms with van der Waals surface area (Å²) in [6, 6.07) is 2.43. The number of hydrogen-bond acceptors (Lipinski definition) is 3. The molecule has 1 aromatic carbocycles. The molecule has 0 saturated carbocycles. The first kappa shape index (κ1) is 9.67. The summed E-state index contributed by atoms with van der Waals surface area (Å²) in [5.74, 6) is -1.37. The number of carboxylic acid groups (broad SMARTS) is 1. The Hall–Kier alpha value is -1.42. The quantitative estimate of drug-likeness (QED) is 0.767. The molecule has 1 rings (SSSR count). The number of carbonyl (C=O) groups is 1. The summed E-state index contributed by atoms with van der Waals surface area (Å²) in [4.78, 5) is 10.6. The highest BCUT2D eigenvalue weighted by atomic mass is 35.5. The van der Waals surface area contributed by atoms with Gasteiger partial charge >= 0.3 is 5.97 Å². The highest BCUT2D eigenvalue weighted by Gasteiger charge is 2.15. The molecular weight excluding hydrogens is 196 g/mol. The molecule has 13 heavy (non-hydrogen) atoms. The second-order valence-corrected chi connectivity index (χ2v) is 2.66. The smallest absolute Gasteiger partial charge is 0.337 e. The number of aromatic carboxylic acids is 1. The van der Waals surface area contributed by atoms with Crippen molar-refractivity contribution in [2.45, 2.75) is 0 Å². The largest absolute Gasteiger partial charge is 0.504 e. The fourth-order valence-corrected chi connectivity index (χ4v) is 1.22. The van der Waals surface area contributed by atoms with Crippen molar-refractivity contribution in [2.24, 2.45) is 0 Å². The van der Waals surface area contributed by atoms with Gasteiger partial charge in [0, 0.05) is 0 Å². The molecule has 0 saturated heterocycles. The lowest BCUT2D eigenvalue weighted by molar-refractivity contribution is 0.0696. The number of ether oxygens (including phenoxy) is 1. The van der Waals surface area contributed by atoms with E-state index in [1.54, 1.807) is 0 Å². The van der Waals surface area contributed by atoms with E-state index in [-0.39, 0.29) is 22.1 Å². The van der Waals surface area contributed by atoms with Crippen molar-refractivity contribution < 1.29 is 19.7 Å². The maximum atomic E-state index is 10.6. The average Bonchev–Trinajstić information content (AvgIpc) is 2.04. The van der Waals surface area contributed by atoms with Crippen LogP contribution in [0.5, 0.6) is 11.5 Å². The minimum atomic E-state index is -1.16. The molecule has 0 aliphatic carbocycles. The predicted molar refractivity (Wildman–Crippen MR) is 46.6 cm³/mol. The topological polar surface area (TPSA) is 66.8 Å². The van der Waals surface area contributed by atoms with Crippen molar-refractivity contribution in [1.29, 1.82) is 0 Å². The molecule has 0 heterocycles. The van der Waals surface area contributed by atoms with Crippen LogP contribution in [0.1, 0.15) is 10.4 Å². The number of benzene rings is 1. The lowest BCUT2D eigenvalue weighted by Crippen LogP contribution is -1.98. The second-order valence-electron chi connectivity index (χ2n) is 2.28. The molecule has 0 aliphatic heterocycles. The summed E-state index contributed by atoms with van der Waals surface area (Å²) in [7, 11) is 1.30. The Labute approximate surface area is 79.3 Å². The van der Waals surface area contributed by atoms with Crippen molar-refractivity contribution in [3.63, 3.8) is 0 Å². The Morgan fingerprint density at radius 2 is 2.15 bits per heavy atom. The van der Waals surface area contributed by atoms with Crippen LogP contribution in [0.2, 0.25) is 5.02 Å². The molecule has 70 valence electrons. The molecule has 0 aromatic heterocycles. The van der Waals surface area contributed by atoms with Crippen LogP contribution in [0, 0.1) is 0 Å². The monoisotopic (exact) mass is 202 g/mol. The summed E-state index contributed by atoms with van der Waals surface area (Å²) < 4.78 is 4.72. The van der Waals surface area contributed by atoms with Gasteiger partial charge in [-0.3, -0.25) is 0 Å². The van der Waals surface area contributed by atoms with Crippen LogP contribution in [0.3, 0.4) is 0 Å². The summed E-state index contributed by atoms with van der Waals surface area (Å²) >= 11 is 5.64. The van der Waals surface area contributed by atoms with Gasteiger partial charge in [0.2, 0.25) is 0 Å². The molecule has 0 spiro atoms. The highest BCUT2D eigenvalue weighted by molar-refractivity contribution is 6.35. The van der Waals surface area contributed by atoms with E-state index >= 15 is 0 Å². The number of halogens is 1. The lowest BCUT2D eigenvalue weighted by atomic mass is 10.2. The third-order valence-electron chi connectivity index (χ3n) is 1.51. The van der Waals surface area contributed by atoms with E-state index in [4.69, 9.17) is 21.4 Å². The first-order valence-electron chi connectivity index (χ1n) is 3.36. The van der Waals surface area contributed by atoms with Crippen LogP contribution in [0.25, 0.3) is 0 Å². The Balaban J connectivity index is 3.35. The molecule has 1 aromatic rings. The predicted octanol–water partition coefficient (Wildman–Crippen LogP) is 1.75. The zero-order chi connectivity index (χ0) is 10.0. The Morgan fingerprint density at radius 3 is 2.62 bits per heavy atom. The molecule has 0 unspecified atom stereocenters. The van der Waals surface area contributed by atoms with Gasteiger partial charge in [0.15, 0.2) is 11.5 Å². The average molecular weight is 203 g/mol. The minimum Gasteiger partial charge on any atom is -0.504 e. The van der Waals surface area contributed by atoms with E-state index in [2.05, 4.69) is 0 Å². The fourth-order valence-electron chi connectivity index (χ4n) is 0.905. The van der Waals surface area contributed by atoms with E-state index in [0.29, 0.717) is 0 Å². The molecule has 5 heteroatoms. The van der Waals surface area contributed by atoms with Gasteiger partial charge in [0.05, 0.1) is 12.7 Å². The lowest BCUT2D eigenvalue weighted by Gasteiger charge is -2.06. The molecule has 0 atom stereocenters. The molecule has 2 N–H and O–H groups in total. The number of aromatic hydroxyl groups is 1. The van der Waals surface area contributed by atoms with Gasteiger partial charge in [-0.05, 0) is 12.1 Å². The maximum absolute atomic E-state index is 10.6. The van der Waals surface area contributed by atoms with E-state index in [0.717, 1.165) is 0 Å². The molecule has 0 radical (unpaired) electrons. The number of methoxy groups -OCH3 is 1. The van der Waals surface area contributed by atoms with Gasteiger partial charge in [0.1, 0.15) is 5.02 Å². The van der Waals surface area contributed by atoms with Crippen LogP contribution in [0.4, 0.5) is 0 Å². The third kappa shape index (κ3) is 1.67. The van der Waals surface area contributed by atoms with Crippen molar-refractivity contribution in [1.82, 2.24) is 0 Å². The van der Waals surface area contributed by atoms with E-state index < -0.39 is 5.97 Å². The standard InChI is InChI=1S/C8H7ClO4/c1-13-7-5(10)3-2-4(6(7)9)8(11)12/h2-3,10H,1H3,(H,11,12). The van der Waals surface area contributed by atoms with Crippen molar-refractivity contribution in [2.75, 3.05) is 7.11 Å². The van der Waals surface area contributed by atoms with Crippen LogP contribution < -0.4 is 4.74 Å². The first-order valence-corrected chi connectivity index (χ1v) is 3.74. The van der Waals surface area contributed by atoms with Crippen LogP contribution in [-0.4, -0.2) is 23.3 Å². The SMILES string of the molecule is COc1c(O)ccc(C(=O)O)c1Cl. The highest BCUT2D eigenvalue weighted by Crippen LogP contribution is 2.36. The zero-order valence-corrected chi connectivity index (χ0v) is 7.50. The Kier molecular flexibility index (Phi) is 2.63. The van der Waals surface area contributed by atoms with E-state index in [1.165, 1.54) is 19.2 Å². The Bertz CT molecular complexity index is 348. The zero-order valence-electron chi connectivity index (χ0n) is 6.74. The first-order chi connectivity index (χ1) is 6.07. The molecule has 4 nitrogen and oxygen atoms in total. The number of phenols is 1. The molecule has 0 aliphatic rings. The normalized spacial score (nSPS) is 9.69. The van der Waals surface area contributed by atoms with Crippen molar-refractivity contribution in [3.8, 4) is 11.5 Å². The number of rotatable bonds is 2. The third-order valence-corrected chi connectivity index (χ3v) is 1.89. The van der Waals surface area contributed by atoms with Gasteiger partial charge in [-0.15, -0.1) is 0 Å². The summed E-state index contributed by atoms with van der Waals surface area (Å²) in [5.41, 5.74) is -0.101. The van der Waals surface area contributed by atoms with Crippen LogP contribution in [-0.2, 0) is 0 Å². The van der Waals surface area contributed by atoms with Crippen LogP contribution >= 0.6 is 11.6 Å². The summed E-state index contributed by atoms with van der Waals surface area (Å²) in [5, 5.41) is 17.7. The summed E-state index contributed by atoms with van der Waals surface area (Å²) in [6.07, 6.45) is 0. The van der Waals surface area contributed by atoms with Crippen LogP contribution in [0.15, 0.2) is 12.1 Å². The van der Waals surface area contributed by atoms with Crippen molar-refractivity contribution in [3.05, 3.63) is 22.7 Å². The van der Waals surface area contributed by atoms with Gasteiger partial charge in [-0.25, -0.2) is 4.79 Å². The second kappa shape index (κ2) is 3.53. The van der Waals surface area contributed by atoms with E-state index in [1.807, 2.05) is 0 Å². The maximum Gasteiger partial charge on any atom is 0.337 e. The molecular formula is C8H7ClO4. The molecule has 0 fully saturated rings. The number of phenolic OH excluding ortho intramolecular Hbond substituents is 1. The van der Waals surface area contributed by atoms with E-state index in [9.17, 15) is 9.90 Å². The fraction of sp³-hybridized carbons (Fsp3) is 0.125. The molecule has 0 amide bonds. The Morgan fingerprint density at radius 1 is 1.54 bits per heavy atom. The van der Waals surface area contributed by atoms with Gasteiger partial charge < -0.3 is 14.9 Å².